The Morgan fingerprint density at radius 2 is 1.68 bits per heavy atom. The van der Waals surface area contributed by atoms with Crippen LogP contribution in [0.3, 0.4) is 0 Å². The number of alkyl halides is 3. The van der Waals surface area contributed by atoms with E-state index in [4.69, 9.17) is 0 Å². The van der Waals surface area contributed by atoms with E-state index in [1.165, 1.54) is 0 Å². The van der Waals surface area contributed by atoms with Crippen molar-refractivity contribution < 1.29 is 13.2 Å². The van der Waals surface area contributed by atoms with E-state index in [2.05, 4.69) is 20.6 Å². The van der Waals surface area contributed by atoms with Gasteiger partial charge >= 0.3 is 6.18 Å². The molecular weight excluding hydrogens is 293 g/mol. The Kier molecular flexibility index (Phi) is 4.54. The highest BCUT2D eigenvalue weighted by atomic mass is 19.4. The summed E-state index contributed by atoms with van der Waals surface area (Å²) in [5.74, 6) is 0.0359. The topological polar surface area (TPSA) is 49.8 Å². The molecule has 4 nitrogen and oxygen atoms in total. The summed E-state index contributed by atoms with van der Waals surface area (Å²) in [7, 11) is 0. The Bertz CT molecular complexity index is 636. The molecule has 7 heteroatoms. The van der Waals surface area contributed by atoms with Crippen LogP contribution in [-0.4, -0.2) is 16.0 Å². The summed E-state index contributed by atoms with van der Waals surface area (Å²) in [6.45, 7) is 5.54. The van der Waals surface area contributed by atoms with Gasteiger partial charge in [-0.1, -0.05) is 17.7 Å². The number of halogens is 3. The highest BCUT2D eigenvalue weighted by Gasteiger charge is 2.33. The van der Waals surface area contributed by atoms with Crippen LogP contribution in [0.1, 0.15) is 25.1 Å². The molecule has 1 aromatic heterocycles. The molecule has 0 amide bonds. The molecule has 0 saturated carbocycles. The fourth-order valence-electron chi connectivity index (χ4n) is 1.76. The lowest BCUT2D eigenvalue weighted by molar-refractivity contribution is -0.141. The largest absolute Gasteiger partial charge is 0.433 e. The average Bonchev–Trinajstić information content (AvgIpc) is 2.39. The van der Waals surface area contributed by atoms with Crippen molar-refractivity contribution in [2.45, 2.75) is 33.0 Å². The smallest absolute Gasteiger partial charge is 0.352 e. The maximum absolute atomic E-state index is 12.9. The number of aryl methyl sites for hydroxylation is 1. The van der Waals surface area contributed by atoms with E-state index < -0.39 is 11.9 Å². The number of nitrogens with one attached hydrogen (secondary N) is 2. The molecule has 1 heterocycles. The minimum Gasteiger partial charge on any atom is -0.352 e. The van der Waals surface area contributed by atoms with Gasteiger partial charge in [-0.3, -0.25) is 0 Å². The molecule has 2 aromatic rings. The van der Waals surface area contributed by atoms with Crippen molar-refractivity contribution in [2.24, 2.45) is 0 Å². The second kappa shape index (κ2) is 6.21. The summed E-state index contributed by atoms with van der Waals surface area (Å²) in [5, 5.41) is 5.66. The van der Waals surface area contributed by atoms with Gasteiger partial charge in [0.25, 0.3) is 0 Å². The van der Waals surface area contributed by atoms with Gasteiger partial charge in [-0.05, 0) is 32.9 Å². The zero-order chi connectivity index (χ0) is 16.3. The van der Waals surface area contributed by atoms with Gasteiger partial charge in [0, 0.05) is 17.8 Å². The SMILES string of the molecule is Cc1ccc(Nc2cc(C(F)(F)F)nc(NC(C)C)n2)cc1. The molecule has 0 aliphatic rings. The normalized spacial score (nSPS) is 11.6. The summed E-state index contributed by atoms with van der Waals surface area (Å²) >= 11 is 0. The van der Waals surface area contributed by atoms with E-state index >= 15 is 0 Å². The molecule has 2 rings (SSSR count). The maximum atomic E-state index is 12.9. The number of hydrogen-bond acceptors (Lipinski definition) is 4. The number of benzene rings is 1. The average molecular weight is 310 g/mol. The number of nitrogens with zero attached hydrogens (tertiary/aromatic N) is 2. The first kappa shape index (κ1) is 16.1. The van der Waals surface area contributed by atoms with E-state index in [0.29, 0.717) is 5.69 Å². The van der Waals surface area contributed by atoms with Crippen molar-refractivity contribution in [3.05, 3.63) is 41.6 Å². The highest BCUT2D eigenvalue weighted by Crippen LogP contribution is 2.30. The first-order chi connectivity index (χ1) is 10.2. The minimum absolute atomic E-state index is 0.0561. The van der Waals surface area contributed by atoms with Crippen LogP contribution in [0, 0.1) is 6.92 Å². The van der Waals surface area contributed by atoms with Gasteiger partial charge in [-0.25, -0.2) is 4.98 Å². The fraction of sp³-hybridized carbons (Fsp3) is 0.333. The standard InChI is InChI=1S/C15H17F3N4/c1-9(2)19-14-21-12(15(16,17)18)8-13(22-14)20-11-6-4-10(3)5-7-11/h4-9H,1-3H3,(H2,19,20,21,22). The maximum Gasteiger partial charge on any atom is 0.433 e. The molecule has 0 aliphatic heterocycles. The molecule has 0 aliphatic carbocycles. The van der Waals surface area contributed by atoms with Crippen molar-refractivity contribution in [1.29, 1.82) is 0 Å². The second-order valence-corrected chi connectivity index (χ2v) is 5.25. The number of hydrogen-bond donors (Lipinski definition) is 2. The lowest BCUT2D eigenvalue weighted by Crippen LogP contribution is -2.17. The molecule has 0 saturated heterocycles. The van der Waals surface area contributed by atoms with Crippen LogP contribution in [0.4, 0.5) is 30.6 Å². The minimum atomic E-state index is -4.53. The van der Waals surface area contributed by atoms with Gasteiger partial charge in [0.05, 0.1) is 0 Å². The zero-order valence-electron chi connectivity index (χ0n) is 12.5. The van der Waals surface area contributed by atoms with Crippen LogP contribution in [0.15, 0.2) is 30.3 Å². The molecule has 0 spiro atoms. The number of anilines is 3. The molecule has 0 fully saturated rings. The quantitative estimate of drug-likeness (QED) is 0.880. The molecule has 0 bridgehead atoms. The van der Waals surface area contributed by atoms with Crippen molar-refractivity contribution >= 4 is 17.5 Å². The third-order valence-corrected chi connectivity index (χ3v) is 2.76. The summed E-state index contributed by atoms with van der Waals surface area (Å²) in [4.78, 5) is 7.58. The Balaban J connectivity index is 2.34. The Labute approximate surface area is 126 Å². The van der Waals surface area contributed by atoms with Crippen molar-refractivity contribution in [3.63, 3.8) is 0 Å². The first-order valence-corrected chi connectivity index (χ1v) is 6.80. The van der Waals surface area contributed by atoms with E-state index in [-0.39, 0.29) is 17.8 Å². The monoisotopic (exact) mass is 310 g/mol. The van der Waals surface area contributed by atoms with Crippen LogP contribution >= 0.6 is 0 Å². The second-order valence-electron chi connectivity index (χ2n) is 5.25. The summed E-state index contributed by atoms with van der Waals surface area (Å²) < 4.78 is 38.8. The van der Waals surface area contributed by atoms with Crippen LogP contribution in [0.5, 0.6) is 0 Å². The molecule has 0 radical (unpaired) electrons. The zero-order valence-corrected chi connectivity index (χ0v) is 12.5. The van der Waals surface area contributed by atoms with Gasteiger partial charge in [-0.15, -0.1) is 0 Å². The third-order valence-electron chi connectivity index (χ3n) is 2.76. The van der Waals surface area contributed by atoms with Gasteiger partial charge < -0.3 is 10.6 Å². The van der Waals surface area contributed by atoms with Gasteiger partial charge in [0.1, 0.15) is 5.82 Å². The van der Waals surface area contributed by atoms with E-state index in [0.717, 1.165) is 11.6 Å². The van der Waals surface area contributed by atoms with E-state index in [9.17, 15) is 13.2 Å². The summed E-state index contributed by atoms with van der Waals surface area (Å²) in [6, 6.07) is 8.10. The molecule has 0 atom stereocenters. The van der Waals surface area contributed by atoms with Crippen molar-refractivity contribution in [3.8, 4) is 0 Å². The van der Waals surface area contributed by atoms with Gasteiger partial charge in [0.15, 0.2) is 5.69 Å². The highest BCUT2D eigenvalue weighted by molar-refractivity contribution is 5.58. The Hall–Kier alpha value is -2.31. The Morgan fingerprint density at radius 1 is 1.05 bits per heavy atom. The molecule has 0 unspecified atom stereocenters. The van der Waals surface area contributed by atoms with Crippen LogP contribution < -0.4 is 10.6 Å². The Morgan fingerprint density at radius 3 is 2.23 bits per heavy atom. The van der Waals surface area contributed by atoms with Crippen LogP contribution in [0.2, 0.25) is 0 Å². The van der Waals surface area contributed by atoms with Gasteiger partial charge in [-0.2, -0.15) is 18.2 Å². The fourth-order valence-corrected chi connectivity index (χ4v) is 1.76. The predicted octanol–water partition coefficient (Wildman–Crippen LogP) is 4.37. The summed E-state index contributed by atoms with van der Waals surface area (Å²) in [5.41, 5.74) is 0.736. The first-order valence-electron chi connectivity index (χ1n) is 6.80. The van der Waals surface area contributed by atoms with E-state index in [1.54, 1.807) is 26.0 Å². The van der Waals surface area contributed by atoms with Crippen molar-refractivity contribution in [2.75, 3.05) is 10.6 Å². The van der Waals surface area contributed by atoms with Crippen molar-refractivity contribution in [1.82, 2.24) is 9.97 Å². The molecular formula is C15H17F3N4. The number of aromatic nitrogens is 2. The van der Waals surface area contributed by atoms with Gasteiger partial charge in [0.2, 0.25) is 5.95 Å². The predicted molar refractivity (Wildman–Crippen MR) is 80.3 cm³/mol. The lowest BCUT2D eigenvalue weighted by Gasteiger charge is -2.14. The third kappa shape index (κ3) is 4.34. The lowest BCUT2D eigenvalue weighted by atomic mass is 10.2. The molecule has 22 heavy (non-hydrogen) atoms. The van der Waals surface area contributed by atoms with E-state index in [1.807, 2.05) is 19.1 Å². The summed E-state index contributed by atoms with van der Waals surface area (Å²) in [6.07, 6.45) is -4.53. The molecule has 1 aromatic carbocycles. The van der Waals surface area contributed by atoms with Crippen LogP contribution in [-0.2, 0) is 6.18 Å². The molecule has 2 N–H and O–H groups in total. The molecule has 118 valence electrons. The van der Waals surface area contributed by atoms with Crippen LogP contribution in [0.25, 0.3) is 0 Å². The number of rotatable bonds is 4.